The SMILES string of the molecule is C1CCOC1.CC(/C=C(/C)[N-]c1c(C(C)C)cccc1C(C)C)=[NH+]c1c(C(C)C)cccc1C(C)C.[Ca+2].c1ccc([N-]c2ccccc2)cc1. The molecule has 0 atom stereocenters. The standard InChI is InChI=1S/C29H41N2.C12H10N.C4H8O.Ca/c1-18(2)24-13-11-14-25(19(3)4)28(24)30-22(9)17-23(10)31-29-26(20(5)6)15-12-16-27(29)21(7)8;1-3-7-11(8-4-1)13-12-9-5-2-6-10-12;1-2-4-5-3-1;/h11-21H,1-10H3;1-10H;1-4H2;/q2*-1;;+2/p+1/b22-17-,31-23?;;;. The fourth-order valence-electron chi connectivity index (χ4n) is 5.76. The third-order valence-corrected chi connectivity index (χ3v) is 8.35. The van der Waals surface area contributed by atoms with Gasteiger partial charge in [0.05, 0.1) is 0 Å². The fourth-order valence-corrected chi connectivity index (χ4v) is 5.76. The largest absolute Gasteiger partial charge is 2.00 e. The van der Waals surface area contributed by atoms with Crippen LogP contribution in [0.4, 0.5) is 22.7 Å². The molecule has 0 amide bonds. The number of nitrogens with zero attached hydrogens (tertiary/aromatic N) is 2. The summed E-state index contributed by atoms with van der Waals surface area (Å²) < 4.78 is 4.94. The molecule has 4 aromatic rings. The van der Waals surface area contributed by atoms with E-state index in [-0.39, 0.29) is 37.7 Å². The van der Waals surface area contributed by atoms with Crippen molar-refractivity contribution in [2.24, 2.45) is 0 Å². The van der Waals surface area contributed by atoms with E-state index in [1.165, 1.54) is 40.8 Å². The molecule has 5 rings (SSSR count). The van der Waals surface area contributed by atoms with Crippen molar-refractivity contribution >= 4 is 66.2 Å². The predicted octanol–water partition coefficient (Wildman–Crippen LogP) is 12.4. The van der Waals surface area contributed by atoms with Gasteiger partial charge in [-0.3, -0.25) is 0 Å². The Kier molecular flexibility index (Phi) is 19.8. The van der Waals surface area contributed by atoms with Gasteiger partial charge in [-0.15, -0.1) is 17.1 Å². The number of hydrogen-bond donors (Lipinski definition) is 1. The summed E-state index contributed by atoms with van der Waals surface area (Å²) in [7, 11) is 0. The van der Waals surface area contributed by atoms with Crippen molar-refractivity contribution in [2.75, 3.05) is 13.2 Å². The second-order valence-corrected chi connectivity index (χ2v) is 14.0. The molecule has 0 unspecified atom stereocenters. The van der Waals surface area contributed by atoms with Gasteiger partial charge in [0.1, 0.15) is 0 Å². The van der Waals surface area contributed by atoms with Crippen molar-refractivity contribution in [3.8, 4) is 0 Å². The van der Waals surface area contributed by atoms with Crippen LogP contribution in [0.1, 0.15) is 128 Å². The van der Waals surface area contributed by atoms with E-state index in [1.54, 1.807) is 0 Å². The molecule has 1 aliphatic rings. The van der Waals surface area contributed by atoms with Crippen LogP contribution in [0.25, 0.3) is 10.6 Å². The van der Waals surface area contributed by atoms with Crippen LogP contribution in [-0.4, -0.2) is 56.7 Å². The molecule has 1 fully saturated rings. The molecule has 0 saturated carbocycles. The predicted molar refractivity (Wildman–Crippen MR) is 219 cm³/mol. The van der Waals surface area contributed by atoms with E-state index < -0.39 is 0 Å². The van der Waals surface area contributed by atoms with Gasteiger partial charge in [0.25, 0.3) is 0 Å². The summed E-state index contributed by atoms with van der Waals surface area (Å²) in [6.07, 6.45) is 4.72. The van der Waals surface area contributed by atoms with Gasteiger partial charge < -0.3 is 15.4 Å². The molecule has 4 nitrogen and oxygen atoms in total. The molecule has 1 N–H and O–H groups in total. The molecule has 0 spiro atoms. The summed E-state index contributed by atoms with van der Waals surface area (Å²) in [5.74, 6) is 1.82. The summed E-state index contributed by atoms with van der Waals surface area (Å²) in [6, 6.07) is 33.1. The Balaban J connectivity index is 0.000000370. The Morgan fingerprint density at radius 2 is 0.980 bits per heavy atom. The second-order valence-electron chi connectivity index (χ2n) is 14.0. The van der Waals surface area contributed by atoms with Crippen molar-refractivity contribution < 1.29 is 9.73 Å². The minimum absolute atomic E-state index is 0. The number of ether oxygens (including phenoxy) is 1. The van der Waals surface area contributed by atoms with Crippen molar-refractivity contribution in [1.82, 2.24) is 0 Å². The smallest absolute Gasteiger partial charge is 0.661 e. The monoisotopic (exact) mass is 698 g/mol. The molecule has 5 heteroatoms. The fraction of sp³-hybridized carbons (Fsp3) is 0.400. The maximum atomic E-state index is 5.10. The van der Waals surface area contributed by atoms with Crippen molar-refractivity contribution in [3.63, 3.8) is 0 Å². The van der Waals surface area contributed by atoms with Crippen LogP contribution >= 0.6 is 0 Å². The summed E-state index contributed by atoms with van der Waals surface area (Å²) in [5.41, 5.74) is 11.9. The Labute approximate surface area is 334 Å². The molecular formula is C45H60CaN3O+. The van der Waals surface area contributed by atoms with Gasteiger partial charge in [0.15, 0.2) is 5.71 Å². The zero-order valence-electron chi connectivity index (χ0n) is 32.5. The van der Waals surface area contributed by atoms with E-state index in [4.69, 9.17) is 10.1 Å². The topological polar surface area (TPSA) is 51.4 Å². The van der Waals surface area contributed by atoms with E-state index in [0.717, 1.165) is 41.7 Å². The third-order valence-electron chi connectivity index (χ3n) is 8.35. The summed E-state index contributed by atoms with van der Waals surface area (Å²) in [5, 5.41) is 9.54. The van der Waals surface area contributed by atoms with Gasteiger partial charge in [-0.1, -0.05) is 171 Å². The summed E-state index contributed by atoms with van der Waals surface area (Å²) in [4.78, 5) is 3.71. The van der Waals surface area contributed by atoms with Crippen LogP contribution in [0, 0.1) is 0 Å². The zero-order valence-corrected chi connectivity index (χ0v) is 34.7. The number of nitrogens with one attached hydrogen (secondary N) is 1. The van der Waals surface area contributed by atoms with E-state index >= 15 is 0 Å². The number of para-hydroxylation sites is 4. The quantitative estimate of drug-likeness (QED) is 0.130. The Morgan fingerprint density at radius 3 is 1.34 bits per heavy atom. The van der Waals surface area contributed by atoms with Crippen LogP contribution in [0.5, 0.6) is 0 Å². The van der Waals surface area contributed by atoms with Gasteiger partial charge in [-0.05, 0) is 42.6 Å². The van der Waals surface area contributed by atoms with Gasteiger partial charge in [0.2, 0.25) is 5.69 Å². The van der Waals surface area contributed by atoms with Crippen LogP contribution < -0.4 is 4.99 Å². The first-order valence-electron chi connectivity index (χ1n) is 18.1. The second kappa shape index (κ2) is 22.8. The Bertz CT molecular complexity index is 1510. The molecule has 4 aromatic carbocycles. The average molecular weight is 699 g/mol. The van der Waals surface area contributed by atoms with Crippen molar-refractivity contribution in [1.29, 1.82) is 0 Å². The van der Waals surface area contributed by atoms with Crippen LogP contribution in [-0.2, 0) is 4.74 Å². The van der Waals surface area contributed by atoms with Gasteiger partial charge in [-0.2, -0.15) is 5.70 Å². The van der Waals surface area contributed by atoms with Gasteiger partial charge in [0, 0.05) is 31.3 Å². The molecule has 1 heterocycles. The zero-order chi connectivity index (χ0) is 35.8. The minimum Gasteiger partial charge on any atom is -0.661 e. The minimum atomic E-state index is 0. The van der Waals surface area contributed by atoms with Gasteiger partial charge >= 0.3 is 37.7 Å². The molecule has 1 saturated heterocycles. The first-order chi connectivity index (χ1) is 23.5. The Hall–Kier alpha value is -2.89. The maximum Gasteiger partial charge on any atom is 2.00 e. The average Bonchev–Trinajstić information content (AvgIpc) is 3.66. The van der Waals surface area contributed by atoms with E-state index in [1.807, 2.05) is 60.7 Å². The normalized spacial score (nSPS) is 13.0. The maximum absolute atomic E-state index is 5.10. The molecule has 0 bridgehead atoms. The number of rotatable bonds is 10. The molecule has 0 aliphatic carbocycles. The molecule has 50 heavy (non-hydrogen) atoms. The molecule has 1 aliphatic heterocycles. The van der Waals surface area contributed by atoms with Crippen molar-refractivity contribution in [2.45, 2.75) is 106 Å². The molecule has 0 radical (unpaired) electrons. The van der Waals surface area contributed by atoms with E-state index in [0.29, 0.717) is 23.7 Å². The van der Waals surface area contributed by atoms with Crippen molar-refractivity contribution in [3.05, 3.63) is 142 Å². The number of hydrogen-bond acceptors (Lipinski definition) is 1. The summed E-state index contributed by atoms with van der Waals surface area (Å²) in [6.45, 7) is 24.2. The number of allylic oxidation sites excluding steroid dienone is 2. The molecule has 262 valence electrons. The Morgan fingerprint density at radius 1 is 0.580 bits per heavy atom. The number of benzene rings is 4. The van der Waals surface area contributed by atoms with Crippen LogP contribution in [0.15, 0.2) is 109 Å². The van der Waals surface area contributed by atoms with E-state index in [2.05, 4.69) is 122 Å². The van der Waals surface area contributed by atoms with Crippen LogP contribution in [0.2, 0.25) is 0 Å². The van der Waals surface area contributed by atoms with Gasteiger partial charge in [-0.25, -0.2) is 4.99 Å². The van der Waals surface area contributed by atoms with Crippen LogP contribution in [0.3, 0.4) is 0 Å². The first-order valence-corrected chi connectivity index (χ1v) is 18.1. The summed E-state index contributed by atoms with van der Waals surface area (Å²) >= 11 is 0. The van der Waals surface area contributed by atoms with E-state index in [9.17, 15) is 0 Å². The first kappa shape index (κ1) is 43.3. The molecule has 0 aromatic heterocycles. The third kappa shape index (κ3) is 14.4. The molecular weight excluding hydrogens is 639 g/mol.